The molecule has 0 aromatic carbocycles. The van der Waals surface area contributed by atoms with Crippen molar-refractivity contribution in [2.24, 2.45) is 11.8 Å². The Balaban J connectivity index is 0. The van der Waals surface area contributed by atoms with Crippen LogP contribution >= 0.6 is 0 Å². The number of aliphatic carboxylic acids is 2. The molecule has 0 aliphatic rings. The molecule has 0 amide bonds. The third-order valence-corrected chi connectivity index (χ3v) is 9.95. The second kappa shape index (κ2) is 41.6. The molecule has 0 radical (unpaired) electrons. The maximum Gasteiger partial charge on any atom is 0.306 e. The first-order valence-electron chi connectivity index (χ1n) is 20.9. The number of hydrogen-bond acceptors (Lipinski definition) is 4. The van der Waals surface area contributed by atoms with Crippen LogP contribution in [-0.2, 0) is 19.1 Å². The fourth-order valence-corrected chi connectivity index (χ4v) is 6.59. The summed E-state index contributed by atoms with van der Waals surface area (Å²) in [6.07, 6.45) is 40.4. The van der Waals surface area contributed by atoms with Crippen LogP contribution in [0.25, 0.3) is 0 Å². The molecule has 6 heteroatoms. The molecule has 0 fully saturated rings. The quantitative estimate of drug-likeness (QED) is 0.0496. The molecule has 0 heterocycles. The summed E-state index contributed by atoms with van der Waals surface area (Å²) in [7, 11) is 0. The lowest BCUT2D eigenvalue weighted by Gasteiger charge is -2.13. The van der Waals surface area contributed by atoms with Crippen LogP contribution in [0.1, 0.15) is 233 Å². The van der Waals surface area contributed by atoms with E-state index < -0.39 is 11.9 Å². The predicted octanol–water partition coefficient (Wildman–Crippen LogP) is 13.5. The number of unbranched alkanes of at least 4 members (excludes halogenated alkanes) is 24. The summed E-state index contributed by atoms with van der Waals surface area (Å²) in [5, 5.41) is 17.8. The van der Waals surface area contributed by atoms with Crippen molar-refractivity contribution < 1.29 is 29.3 Å². The second-order valence-corrected chi connectivity index (χ2v) is 14.4. The second-order valence-electron chi connectivity index (χ2n) is 14.4. The van der Waals surface area contributed by atoms with Gasteiger partial charge in [0, 0.05) is 6.42 Å². The highest BCUT2D eigenvalue weighted by molar-refractivity contribution is 5.70. The summed E-state index contributed by atoms with van der Waals surface area (Å²) in [5.41, 5.74) is 0. The Morgan fingerprint density at radius 1 is 0.500 bits per heavy atom. The Hall–Kier alpha value is -1.59. The molecule has 0 saturated heterocycles. The molecule has 0 aromatic heterocycles. The molecule has 0 aromatic rings. The van der Waals surface area contributed by atoms with Crippen LogP contribution in [0.5, 0.6) is 0 Å². The molecule has 0 saturated carbocycles. The topological polar surface area (TPSA) is 101 Å². The van der Waals surface area contributed by atoms with Gasteiger partial charge in [-0.15, -0.1) is 0 Å². The number of hydrogen-bond donors (Lipinski definition) is 2. The lowest BCUT2D eigenvalue weighted by Crippen LogP contribution is -2.14. The van der Waals surface area contributed by atoms with E-state index in [4.69, 9.17) is 9.84 Å². The van der Waals surface area contributed by atoms with E-state index in [2.05, 4.69) is 20.8 Å². The minimum atomic E-state index is -0.843. The lowest BCUT2D eigenvalue weighted by molar-refractivity contribution is -0.143. The minimum absolute atomic E-state index is 0.0718. The number of carboxylic acid groups (broad SMARTS) is 2. The van der Waals surface area contributed by atoms with Crippen molar-refractivity contribution in [2.45, 2.75) is 233 Å². The minimum Gasteiger partial charge on any atom is -0.481 e. The van der Waals surface area contributed by atoms with Gasteiger partial charge in [0.2, 0.25) is 0 Å². The van der Waals surface area contributed by atoms with Gasteiger partial charge in [-0.2, -0.15) is 0 Å². The molecular formula is C42H82O6. The summed E-state index contributed by atoms with van der Waals surface area (Å²) in [6.45, 7) is 7.94. The standard InChI is InChI=1S/C21H40O4.C21H42O2/c1-2-3-4-5-6-7-8-9-10-11-12-13-14-16-19(21(24)25)17-15-18-20(22)23;1-3-5-6-7-8-9-10-11-12-13-14-15-16-17-21(4-2)18-19-23-20-22/h19H,2-18H2,1H3,(H,22,23)(H,24,25);20-21H,3-19H2,1-2H3. The summed E-state index contributed by atoms with van der Waals surface area (Å²) in [5.74, 6) is -1.25. The van der Waals surface area contributed by atoms with E-state index in [1.807, 2.05) is 0 Å². The molecule has 2 atom stereocenters. The first kappa shape index (κ1) is 48.5. The Morgan fingerprint density at radius 3 is 1.19 bits per heavy atom. The fraction of sp³-hybridized carbons (Fsp3) is 0.929. The Kier molecular flexibility index (Phi) is 42.0. The van der Waals surface area contributed by atoms with Crippen LogP contribution in [0.3, 0.4) is 0 Å². The number of carbonyl (C=O) groups is 3. The van der Waals surface area contributed by atoms with E-state index in [0.29, 0.717) is 32.3 Å². The molecule has 48 heavy (non-hydrogen) atoms. The van der Waals surface area contributed by atoms with Gasteiger partial charge in [-0.05, 0) is 31.6 Å². The highest BCUT2D eigenvalue weighted by Crippen LogP contribution is 2.20. The van der Waals surface area contributed by atoms with Gasteiger partial charge in [0.05, 0.1) is 12.5 Å². The zero-order valence-electron chi connectivity index (χ0n) is 32.3. The molecule has 286 valence electrons. The normalized spacial score (nSPS) is 12.2. The zero-order valence-corrected chi connectivity index (χ0v) is 32.3. The summed E-state index contributed by atoms with van der Waals surface area (Å²) < 4.78 is 4.80. The van der Waals surface area contributed by atoms with Crippen LogP contribution in [0.2, 0.25) is 0 Å². The van der Waals surface area contributed by atoms with Crippen LogP contribution in [-0.4, -0.2) is 35.2 Å². The molecular weight excluding hydrogens is 600 g/mol. The fourth-order valence-electron chi connectivity index (χ4n) is 6.59. The SMILES string of the molecule is CCCCCCCCCCCCCCCC(CC)CCOC=O.CCCCCCCCCCCCCCCC(CCCC(=O)O)C(=O)O. The van der Waals surface area contributed by atoms with Gasteiger partial charge < -0.3 is 14.9 Å². The molecule has 0 rings (SSSR count). The molecule has 6 nitrogen and oxygen atoms in total. The average Bonchev–Trinajstić information content (AvgIpc) is 3.07. The number of carbonyl (C=O) groups excluding carboxylic acids is 1. The van der Waals surface area contributed by atoms with Crippen molar-refractivity contribution in [1.29, 1.82) is 0 Å². The zero-order chi connectivity index (χ0) is 35.8. The van der Waals surface area contributed by atoms with Gasteiger partial charge in [0.15, 0.2) is 0 Å². The summed E-state index contributed by atoms with van der Waals surface area (Å²) in [6, 6.07) is 0. The summed E-state index contributed by atoms with van der Waals surface area (Å²) in [4.78, 5) is 31.8. The largest absolute Gasteiger partial charge is 0.481 e. The van der Waals surface area contributed by atoms with E-state index in [-0.39, 0.29) is 12.3 Å². The highest BCUT2D eigenvalue weighted by Gasteiger charge is 2.17. The van der Waals surface area contributed by atoms with Gasteiger partial charge in [0.25, 0.3) is 6.47 Å². The van der Waals surface area contributed by atoms with Crippen molar-refractivity contribution in [3.8, 4) is 0 Å². The number of rotatable bonds is 38. The van der Waals surface area contributed by atoms with Crippen LogP contribution in [0.4, 0.5) is 0 Å². The van der Waals surface area contributed by atoms with E-state index in [1.165, 1.54) is 167 Å². The smallest absolute Gasteiger partial charge is 0.306 e. The molecule has 0 bridgehead atoms. The molecule has 2 unspecified atom stereocenters. The highest BCUT2D eigenvalue weighted by atomic mass is 16.5. The maximum absolute atomic E-state index is 11.2. The maximum atomic E-state index is 11.2. The van der Waals surface area contributed by atoms with Crippen LogP contribution in [0, 0.1) is 11.8 Å². The Morgan fingerprint density at radius 2 is 0.854 bits per heavy atom. The van der Waals surface area contributed by atoms with Gasteiger partial charge in [-0.1, -0.05) is 201 Å². The van der Waals surface area contributed by atoms with Gasteiger partial charge in [-0.3, -0.25) is 14.4 Å². The van der Waals surface area contributed by atoms with Crippen molar-refractivity contribution in [1.82, 2.24) is 0 Å². The van der Waals surface area contributed by atoms with Gasteiger partial charge >= 0.3 is 11.9 Å². The van der Waals surface area contributed by atoms with E-state index in [9.17, 15) is 19.5 Å². The van der Waals surface area contributed by atoms with E-state index in [1.54, 1.807) is 0 Å². The van der Waals surface area contributed by atoms with Crippen molar-refractivity contribution >= 4 is 18.4 Å². The molecule has 2 N–H and O–H groups in total. The first-order valence-corrected chi connectivity index (χ1v) is 20.9. The number of carboxylic acids is 2. The van der Waals surface area contributed by atoms with Gasteiger partial charge in [0.1, 0.15) is 0 Å². The summed E-state index contributed by atoms with van der Waals surface area (Å²) >= 11 is 0. The third kappa shape index (κ3) is 40.6. The van der Waals surface area contributed by atoms with E-state index in [0.717, 1.165) is 25.2 Å². The van der Waals surface area contributed by atoms with Crippen molar-refractivity contribution in [2.75, 3.05) is 6.61 Å². The van der Waals surface area contributed by atoms with Crippen molar-refractivity contribution in [3.05, 3.63) is 0 Å². The Bertz CT molecular complexity index is 667. The molecule has 0 spiro atoms. The monoisotopic (exact) mass is 683 g/mol. The van der Waals surface area contributed by atoms with Crippen LogP contribution in [0.15, 0.2) is 0 Å². The molecule has 0 aliphatic heterocycles. The average molecular weight is 683 g/mol. The first-order chi connectivity index (χ1) is 23.4. The predicted molar refractivity (Wildman–Crippen MR) is 204 cm³/mol. The lowest BCUT2D eigenvalue weighted by atomic mass is 9.95. The Labute approximate surface area is 298 Å². The third-order valence-electron chi connectivity index (χ3n) is 9.95. The van der Waals surface area contributed by atoms with Crippen molar-refractivity contribution in [3.63, 3.8) is 0 Å². The van der Waals surface area contributed by atoms with Gasteiger partial charge in [-0.25, -0.2) is 0 Å². The van der Waals surface area contributed by atoms with E-state index >= 15 is 0 Å². The molecule has 0 aliphatic carbocycles. The number of ether oxygens (including phenoxy) is 1. The van der Waals surface area contributed by atoms with Crippen LogP contribution < -0.4 is 0 Å².